The molecule has 0 aliphatic rings. The summed E-state index contributed by atoms with van der Waals surface area (Å²) in [5, 5.41) is 11.1. The van der Waals surface area contributed by atoms with Crippen molar-refractivity contribution in [2.24, 2.45) is 14.1 Å². The quantitative estimate of drug-likeness (QED) is 0.878. The summed E-state index contributed by atoms with van der Waals surface area (Å²) in [5.41, 5.74) is 3.62. The predicted molar refractivity (Wildman–Crippen MR) is 68.2 cm³/mol. The maximum Gasteiger partial charge on any atom is 0.229 e. The zero-order valence-electron chi connectivity index (χ0n) is 11.1. The van der Waals surface area contributed by atoms with Crippen molar-refractivity contribution in [1.82, 2.24) is 19.6 Å². The summed E-state index contributed by atoms with van der Waals surface area (Å²) in [7, 11) is 3.69. The van der Waals surface area contributed by atoms with Crippen LogP contribution in [-0.2, 0) is 25.3 Å². The Morgan fingerprint density at radius 3 is 2.61 bits per heavy atom. The molecule has 0 saturated heterocycles. The van der Waals surface area contributed by atoms with Gasteiger partial charge in [-0.1, -0.05) is 0 Å². The van der Waals surface area contributed by atoms with Gasteiger partial charge in [-0.05, 0) is 13.8 Å². The van der Waals surface area contributed by atoms with E-state index in [1.165, 1.54) is 0 Å². The SMILES string of the molecule is Cc1nn(C)c(C)c1CC(=O)Nc1cnn(C)c1. The highest BCUT2D eigenvalue weighted by Crippen LogP contribution is 2.13. The average molecular weight is 247 g/mol. The van der Waals surface area contributed by atoms with Crippen molar-refractivity contribution in [3.63, 3.8) is 0 Å². The highest BCUT2D eigenvalue weighted by atomic mass is 16.1. The Morgan fingerprint density at radius 2 is 2.11 bits per heavy atom. The summed E-state index contributed by atoms with van der Waals surface area (Å²) >= 11 is 0. The minimum absolute atomic E-state index is 0.0535. The van der Waals surface area contributed by atoms with Gasteiger partial charge >= 0.3 is 0 Å². The zero-order valence-corrected chi connectivity index (χ0v) is 11.1. The molecule has 1 N–H and O–H groups in total. The van der Waals surface area contributed by atoms with Gasteiger partial charge in [-0.25, -0.2) is 0 Å². The maximum absolute atomic E-state index is 11.9. The number of aryl methyl sites for hydroxylation is 3. The fraction of sp³-hybridized carbons (Fsp3) is 0.417. The second-order valence-corrected chi connectivity index (χ2v) is 4.40. The van der Waals surface area contributed by atoms with E-state index in [9.17, 15) is 4.79 Å². The molecule has 0 aliphatic carbocycles. The molecule has 0 radical (unpaired) electrons. The van der Waals surface area contributed by atoms with Crippen molar-refractivity contribution in [3.8, 4) is 0 Å². The minimum atomic E-state index is -0.0535. The van der Waals surface area contributed by atoms with E-state index in [0.717, 1.165) is 17.0 Å². The zero-order chi connectivity index (χ0) is 13.3. The molecule has 18 heavy (non-hydrogen) atoms. The fourth-order valence-corrected chi connectivity index (χ4v) is 1.92. The topological polar surface area (TPSA) is 64.7 Å². The number of carbonyl (C=O) groups is 1. The Morgan fingerprint density at radius 1 is 1.39 bits per heavy atom. The first-order valence-electron chi connectivity index (χ1n) is 5.75. The van der Waals surface area contributed by atoms with Crippen LogP contribution in [-0.4, -0.2) is 25.5 Å². The smallest absolute Gasteiger partial charge is 0.229 e. The van der Waals surface area contributed by atoms with E-state index in [4.69, 9.17) is 0 Å². The van der Waals surface area contributed by atoms with Crippen LogP contribution in [0, 0.1) is 13.8 Å². The molecule has 6 nitrogen and oxygen atoms in total. The van der Waals surface area contributed by atoms with Crippen LogP contribution >= 0.6 is 0 Å². The van der Waals surface area contributed by atoms with Gasteiger partial charge in [-0.2, -0.15) is 10.2 Å². The molecular weight excluding hydrogens is 230 g/mol. The number of hydrogen-bond donors (Lipinski definition) is 1. The van der Waals surface area contributed by atoms with E-state index < -0.39 is 0 Å². The first kappa shape index (κ1) is 12.3. The number of aromatic nitrogens is 4. The highest BCUT2D eigenvalue weighted by molar-refractivity contribution is 5.92. The summed E-state index contributed by atoms with van der Waals surface area (Å²) in [6, 6.07) is 0. The van der Waals surface area contributed by atoms with E-state index in [1.807, 2.05) is 27.9 Å². The van der Waals surface area contributed by atoms with Crippen molar-refractivity contribution in [2.75, 3.05) is 5.32 Å². The molecule has 2 rings (SSSR count). The molecular formula is C12H17N5O. The number of amides is 1. The highest BCUT2D eigenvalue weighted by Gasteiger charge is 2.13. The number of nitrogens with zero attached hydrogens (tertiary/aromatic N) is 4. The third-order valence-corrected chi connectivity index (χ3v) is 2.98. The minimum Gasteiger partial charge on any atom is -0.323 e. The Bertz CT molecular complexity index is 581. The van der Waals surface area contributed by atoms with Gasteiger partial charge in [0.25, 0.3) is 0 Å². The van der Waals surface area contributed by atoms with Crippen LogP contribution in [0.1, 0.15) is 17.0 Å². The van der Waals surface area contributed by atoms with Gasteiger partial charge in [0.1, 0.15) is 0 Å². The number of carbonyl (C=O) groups excluding carboxylic acids is 1. The molecule has 0 atom stereocenters. The van der Waals surface area contributed by atoms with Gasteiger partial charge < -0.3 is 5.32 Å². The van der Waals surface area contributed by atoms with Crippen molar-refractivity contribution < 1.29 is 4.79 Å². The van der Waals surface area contributed by atoms with Gasteiger partial charge in [-0.3, -0.25) is 14.2 Å². The molecule has 0 bridgehead atoms. The summed E-state index contributed by atoms with van der Waals surface area (Å²) in [5.74, 6) is -0.0535. The van der Waals surface area contributed by atoms with Gasteiger partial charge in [0.15, 0.2) is 0 Å². The number of nitrogens with one attached hydrogen (secondary N) is 1. The lowest BCUT2D eigenvalue weighted by atomic mass is 10.1. The summed E-state index contributed by atoms with van der Waals surface area (Å²) < 4.78 is 3.44. The number of anilines is 1. The molecule has 0 spiro atoms. The van der Waals surface area contributed by atoms with E-state index >= 15 is 0 Å². The lowest BCUT2D eigenvalue weighted by Gasteiger charge is -2.03. The monoisotopic (exact) mass is 247 g/mol. The molecule has 2 aromatic rings. The molecule has 1 amide bonds. The summed E-state index contributed by atoms with van der Waals surface area (Å²) in [4.78, 5) is 11.9. The molecule has 2 aromatic heterocycles. The molecule has 0 aromatic carbocycles. The van der Waals surface area contributed by atoms with Crippen LogP contribution in [0.25, 0.3) is 0 Å². The van der Waals surface area contributed by atoms with Gasteiger partial charge in [0, 0.05) is 31.5 Å². The van der Waals surface area contributed by atoms with Crippen molar-refractivity contribution >= 4 is 11.6 Å². The first-order valence-corrected chi connectivity index (χ1v) is 5.75. The molecule has 0 aliphatic heterocycles. The molecule has 96 valence electrons. The normalized spacial score (nSPS) is 10.7. The van der Waals surface area contributed by atoms with Gasteiger partial charge in [0.05, 0.1) is 24.0 Å². The predicted octanol–water partition coefficient (Wildman–Crippen LogP) is 0.952. The molecule has 2 heterocycles. The van der Waals surface area contributed by atoms with Crippen molar-refractivity contribution in [3.05, 3.63) is 29.3 Å². The largest absolute Gasteiger partial charge is 0.323 e. The maximum atomic E-state index is 11.9. The second-order valence-electron chi connectivity index (χ2n) is 4.40. The number of hydrogen-bond acceptors (Lipinski definition) is 3. The van der Waals surface area contributed by atoms with Gasteiger partial charge in [0.2, 0.25) is 5.91 Å². The van der Waals surface area contributed by atoms with E-state index in [2.05, 4.69) is 15.5 Å². The number of rotatable bonds is 3. The van der Waals surface area contributed by atoms with E-state index in [0.29, 0.717) is 12.1 Å². The first-order chi connectivity index (χ1) is 8.47. The molecule has 0 fully saturated rings. The summed E-state index contributed by atoms with van der Waals surface area (Å²) in [6.07, 6.45) is 3.72. The van der Waals surface area contributed by atoms with Crippen LogP contribution in [0.4, 0.5) is 5.69 Å². The average Bonchev–Trinajstić information content (AvgIpc) is 2.78. The standard InChI is InChI=1S/C12H17N5O/c1-8-11(9(2)17(4)15-8)5-12(18)14-10-6-13-16(3)7-10/h6-7H,5H2,1-4H3,(H,14,18). The lowest BCUT2D eigenvalue weighted by Crippen LogP contribution is -2.15. The van der Waals surface area contributed by atoms with Crippen LogP contribution in [0.2, 0.25) is 0 Å². The third kappa shape index (κ3) is 2.42. The van der Waals surface area contributed by atoms with E-state index in [1.54, 1.807) is 21.8 Å². The van der Waals surface area contributed by atoms with Crippen LogP contribution in [0.5, 0.6) is 0 Å². The summed E-state index contributed by atoms with van der Waals surface area (Å²) in [6.45, 7) is 3.88. The fourth-order valence-electron chi connectivity index (χ4n) is 1.92. The molecule has 0 saturated carbocycles. The second kappa shape index (κ2) is 4.64. The van der Waals surface area contributed by atoms with Crippen LogP contribution < -0.4 is 5.32 Å². The van der Waals surface area contributed by atoms with Gasteiger partial charge in [-0.15, -0.1) is 0 Å². The van der Waals surface area contributed by atoms with Crippen molar-refractivity contribution in [2.45, 2.75) is 20.3 Å². The molecule has 0 unspecified atom stereocenters. The van der Waals surface area contributed by atoms with E-state index in [-0.39, 0.29) is 5.91 Å². The Kier molecular flexibility index (Phi) is 3.18. The van der Waals surface area contributed by atoms with Crippen LogP contribution in [0.3, 0.4) is 0 Å². The third-order valence-electron chi connectivity index (χ3n) is 2.98. The Labute approximate surface area is 106 Å². The van der Waals surface area contributed by atoms with Crippen LogP contribution in [0.15, 0.2) is 12.4 Å². The molecule has 6 heteroatoms. The Balaban J connectivity index is 2.07. The Hall–Kier alpha value is -2.11. The lowest BCUT2D eigenvalue weighted by molar-refractivity contribution is -0.115. The van der Waals surface area contributed by atoms with Crippen molar-refractivity contribution in [1.29, 1.82) is 0 Å².